The Bertz CT molecular complexity index is 571. The summed E-state index contributed by atoms with van der Waals surface area (Å²) < 4.78 is 11.6. The van der Waals surface area contributed by atoms with Crippen molar-refractivity contribution in [1.82, 2.24) is 5.32 Å². The molecule has 1 aromatic heterocycles. The summed E-state index contributed by atoms with van der Waals surface area (Å²) in [4.78, 5) is 1.22. The lowest BCUT2D eigenvalue weighted by molar-refractivity contribution is 0.405. The van der Waals surface area contributed by atoms with Crippen molar-refractivity contribution in [1.29, 1.82) is 0 Å². The van der Waals surface area contributed by atoms with Gasteiger partial charge < -0.3 is 14.8 Å². The van der Waals surface area contributed by atoms with Crippen molar-refractivity contribution in [2.24, 2.45) is 0 Å². The molecule has 0 amide bonds. The first-order chi connectivity index (χ1) is 9.69. The Morgan fingerprint density at radius 2 is 1.95 bits per heavy atom. The van der Waals surface area contributed by atoms with Gasteiger partial charge in [0.05, 0.1) is 23.6 Å². The number of benzene rings is 1. The Balaban J connectivity index is 2.20. The first-order valence-corrected chi connectivity index (χ1v) is 7.98. The molecule has 0 fully saturated rings. The lowest BCUT2D eigenvalue weighted by Crippen LogP contribution is -2.18. The van der Waals surface area contributed by atoms with Gasteiger partial charge in [-0.05, 0) is 58.5 Å². The number of thiophene rings is 1. The molecule has 0 saturated heterocycles. The number of ether oxygens (including phenoxy) is 2. The minimum absolute atomic E-state index is 0.241. The lowest BCUT2D eigenvalue weighted by atomic mass is 10.0. The molecule has 2 aromatic rings. The van der Waals surface area contributed by atoms with Gasteiger partial charge in [0.2, 0.25) is 0 Å². The molecule has 3 nitrogen and oxygen atoms in total. The third-order valence-electron chi connectivity index (χ3n) is 3.20. The van der Waals surface area contributed by atoms with Crippen LogP contribution in [0.3, 0.4) is 0 Å². The van der Waals surface area contributed by atoms with Gasteiger partial charge in [-0.2, -0.15) is 0 Å². The topological polar surface area (TPSA) is 30.5 Å². The smallest absolute Gasteiger partial charge is 0.134 e. The van der Waals surface area contributed by atoms with E-state index in [-0.39, 0.29) is 6.04 Å². The zero-order valence-electron chi connectivity index (χ0n) is 11.8. The van der Waals surface area contributed by atoms with Crippen molar-refractivity contribution in [2.45, 2.75) is 12.5 Å². The van der Waals surface area contributed by atoms with Crippen LogP contribution in [0.4, 0.5) is 0 Å². The van der Waals surface area contributed by atoms with Gasteiger partial charge in [-0.1, -0.05) is 6.07 Å². The summed E-state index contributed by atoms with van der Waals surface area (Å²) in [5.74, 6) is 1.80. The lowest BCUT2D eigenvalue weighted by Gasteiger charge is -2.17. The largest absolute Gasteiger partial charge is 0.496 e. The van der Waals surface area contributed by atoms with Crippen molar-refractivity contribution < 1.29 is 9.47 Å². The molecule has 1 atom stereocenters. The fourth-order valence-corrected chi connectivity index (χ4v) is 3.69. The summed E-state index contributed by atoms with van der Waals surface area (Å²) in [6.07, 6.45) is 0.899. The van der Waals surface area contributed by atoms with Crippen LogP contribution < -0.4 is 14.8 Å². The second-order valence-corrected chi connectivity index (χ2v) is 6.17. The normalized spacial score (nSPS) is 12.2. The first-order valence-electron chi connectivity index (χ1n) is 6.30. The highest BCUT2D eigenvalue weighted by Crippen LogP contribution is 2.34. The third kappa shape index (κ3) is 3.34. The van der Waals surface area contributed by atoms with E-state index in [1.165, 1.54) is 10.4 Å². The van der Waals surface area contributed by atoms with Crippen LogP contribution in [0.2, 0.25) is 0 Å². The molecule has 0 radical (unpaired) electrons. The maximum Gasteiger partial charge on any atom is 0.134 e. The van der Waals surface area contributed by atoms with Gasteiger partial charge in [-0.3, -0.25) is 0 Å². The molecule has 1 N–H and O–H groups in total. The molecule has 0 bridgehead atoms. The predicted octanol–water partition coefficient (Wildman–Crippen LogP) is 4.03. The summed E-state index contributed by atoms with van der Waals surface area (Å²) in [6.45, 7) is 0. The van der Waals surface area contributed by atoms with Gasteiger partial charge in [0.1, 0.15) is 11.5 Å². The molecule has 0 saturated carbocycles. The average molecular weight is 356 g/mol. The summed E-state index contributed by atoms with van der Waals surface area (Å²) in [5, 5.41) is 5.42. The standard InChI is InChI=1S/C15H18BrNO2S/c1-17-12(15-14(19-3)6-7-20-15)9-10-4-5-13(18-2)11(16)8-10/h4-8,12,17H,9H2,1-3H3. The van der Waals surface area contributed by atoms with Crippen LogP contribution in [0.25, 0.3) is 0 Å². The van der Waals surface area contributed by atoms with Gasteiger partial charge in [0, 0.05) is 6.04 Å². The Hall–Kier alpha value is -1.04. The molecular weight excluding hydrogens is 338 g/mol. The van der Waals surface area contributed by atoms with E-state index in [2.05, 4.69) is 38.8 Å². The van der Waals surface area contributed by atoms with E-state index in [9.17, 15) is 0 Å². The van der Waals surface area contributed by atoms with Crippen molar-refractivity contribution in [3.05, 3.63) is 44.6 Å². The number of hydrogen-bond acceptors (Lipinski definition) is 4. The maximum absolute atomic E-state index is 5.41. The Kier molecular flexibility index (Phi) is 5.46. The van der Waals surface area contributed by atoms with E-state index < -0.39 is 0 Å². The van der Waals surface area contributed by atoms with Crippen LogP contribution in [-0.2, 0) is 6.42 Å². The van der Waals surface area contributed by atoms with Crippen LogP contribution >= 0.6 is 27.3 Å². The van der Waals surface area contributed by atoms with Gasteiger partial charge in [-0.25, -0.2) is 0 Å². The average Bonchev–Trinajstić information content (AvgIpc) is 2.93. The highest BCUT2D eigenvalue weighted by molar-refractivity contribution is 9.10. The predicted molar refractivity (Wildman–Crippen MR) is 87.1 cm³/mol. The number of hydrogen-bond donors (Lipinski definition) is 1. The Labute approximate surface area is 132 Å². The molecule has 108 valence electrons. The number of rotatable bonds is 6. The quantitative estimate of drug-likeness (QED) is 0.848. The Morgan fingerprint density at radius 3 is 2.55 bits per heavy atom. The molecule has 5 heteroatoms. The van der Waals surface area contributed by atoms with E-state index >= 15 is 0 Å². The van der Waals surface area contributed by atoms with Gasteiger partial charge in [0.25, 0.3) is 0 Å². The van der Waals surface area contributed by atoms with Crippen LogP contribution in [-0.4, -0.2) is 21.3 Å². The molecule has 0 aliphatic carbocycles. The molecule has 0 aliphatic rings. The monoisotopic (exact) mass is 355 g/mol. The van der Waals surface area contributed by atoms with Crippen molar-refractivity contribution >= 4 is 27.3 Å². The highest BCUT2D eigenvalue weighted by atomic mass is 79.9. The maximum atomic E-state index is 5.41. The molecule has 1 heterocycles. The van der Waals surface area contributed by atoms with E-state index in [1.54, 1.807) is 25.6 Å². The van der Waals surface area contributed by atoms with Crippen LogP contribution in [0.5, 0.6) is 11.5 Å². The second kappa shape index (κ2) is 7.11. The van der Waals surface area contributed by atoms with Crippen molar-refractivity contribution in [2.75, 3.05) is 21.3 Å². The molecule has 1 unspecified atom stereocenters. The van der Waals surface area contributed by atoms with E-state index in [4.69, 9.17) is 9.47 Å². The molecule has 1 aromatic carbocycles. The number of likely N-dealkylation sites (N-methyl/N-ethyl adjacent to an activating group) is 1. The first kappa shape index (κ1) is 15.4. The van der Waals surface area contributed by atoms with Gasteiger partial charge in [-0.15, -0.1) is 11.3 Å². The fourth-order valence-electron chi connectivity index (χ4n) is 2.13. The zero-order chi connectivity index (χ0) is 14.5. The number of methoxy groups -OCH3 is 2. The SMILES string of the molecule is CNC(Cc1ccc(OC)c(Br)c1)c1sccc1OC. The molecule has 2 rings (SSSR count). The minimum atomic E-state index is 0.241. The second-order valence-electron chi connectivity index (χ2n) is 4.37. The summed E-state index contributed by atoms with van der Waals surface area (Å²) >= 11 is 5.24. The van der Waals surface area contributed by atoms with E-state index in [0.717, 1.165) is 22.4 Å². The summed E-state index contributed by atoms with van der Waals surface area (Å²) in [5.41, 5.74) is 1.24. The number of halogens is 1. The summed E-state index contributed by atoms with van der Waals surface area (Å²) in [6, 6.07) is 8.42. The molecule has 20 heavy (non-hydrogen) atoms. The Morgan fingerprint density at radius 1 is 1.20 bits per heavy atom. The fraction of sp³-hybridized carbons (Fsp3) is 0.333. The molecule has 0 spiro atoms. The highest BCUT2D eigenvalue weighted by Gasteiger charge is 2.17. The third-order valence-corrected chi connectivity index (χ3v) is 4.83. The van der Waals surface area contributed by atoms with E-state index in [0.29, 0.717) is 0 Å². The zero-order valence-corrected chi connectivity index (χ0v) is 14.2. The van der Waals surface area contributed by atoms with Crippen LogP contribution in [0.15, 0.2) is 34.1 Å². The van der Waals surface area contributed by atoms with Crippen LogP contribution in [0.1, 0.15) is 16.5 Å². The van der Waals surface area contributed by atoms with Gasteiger partial charge >= 0.3 is 0 Å². The van der Waals surface area contributed by atoms with Crippen molar-refractivity contribution in [3.63, 3.8) is 0 Å². The number of nitrogens with one attached hydrogen (secondary N) is 1. The van der Waals surface area contributed by atoms with E-state index in [1.807, 2.05) is 19.2 Å². The van der Waals surface area contributed by atoms with Crippen LogP contribution in [0, 0.1) is 0 Å². The summed E-state index contributed by atoms with van der Waals surface area (Å²) in [7, 11) is 5.36. The molecular formula is C15H18BrNO2S. The molecule has 0 aliphatic heterocycles. The van der Waals surface area contributed by atoms with Crippen molar-refractivity contribution in [3.8, 4) is 11.5 Å². The van der Waals surface area contributed by atoms with Gasteiger partial charge in [0.15, 0.2) is 0 Å². The minimum Gasteiger partial charge on any atom is -0.496 e.